The first-order chi connectivity index (χ1) is 3.72. The molecule has 0 rings (SSSR count). The Morgan fingerprint density at radius 2 is 2.50 bits per heavy atom. The minimum absolute atomic E-state index is 0.348. The van der Waals surface area contributed by atoms with Crippen LogP contribution in [0, 0.1) is 0 Å². The van der Waals surface area contributed by atoms with Gasteiger partial charge in [0.05, 0.1) is 7.11 Å². The monoisotopic (exact) mass is 229 g/mol. The zero-order valence-electron chi connectivity index (χ0n) is 4.56. The van der Waals surface area contributed by atoms with Crippen molar-refractivity contribution in [2.75, 3.05) is 11.5 Å². The van der Waals surface area contributed by atoms with Crippen molar-refractivity contribution in [3.05, 3.63) is 0 Å². The van der Waals surface area contributed by atoms with Gasteiger partial charge in [-0.2, -0.15) is 0 Å². The number of methoxy groups -OCH3 is 1. The van der Waals surface area contributed by atoms with Gasteiger partial charge in [-0.05, 0) is 0 Å². The second-order valence-electron chi connectivity index (χ2n) is 1.28. The van der Waals surface area contributed by atoms with Crippen LogP contribution < -0.4 is 5.73 Å². The first kappa shape index (κ1) is 8.16. The van der Waals surface area contributed by atoms with E-state index in [1.807, 2.05) is 22.6 Å². The summed E-state index contributed by atoms with van der Waals surface area (Å²) in [6.45, 7) is 0. The molecular formula is C4H8INO2. The van der Waals surface area contributed by atoms with Crippen LogP contribution in [-0.2, 0) is 9.53 Å². The lowest BCUT2D eigenvalue weighted by molar-refractivity contribution is -0.141. The van der Waals surface area contributed by atoms with E-state index in [2.05, 4.69) is 4.74 Å². The van der Waals surface area contributed by atoms with Crippen molar-refractivity contribution >= 4 is 28.6 Å². The second kappa shape index (κ2) is 4.08. The van der Waals surface area contributed by atoms with E-state index in [0.29, 0.717) is 4.43 Å². The molecule has 0 fully saturated rings. The van der Waals surface area contributed by atoms with Crippen LogP contribution in [0.15, 0.2) is 0 Å². The van der Waals surface area contributed by atoms with Crippen LogP contribution in [0.2, 0.25) is 0 Å². The number of ether oxygens (including phenoxy) is 1. The van der Waals surface area contributed by atoms with Crippen LogP contribution in [0.25, 0.3) is 0 Å². The van der Waals surface area contributed by atoms with Gasteiger partial charge in [-0.15, -0.1) is 0 Å². The van der Waals surface area contributed by atoms with Crippen molar-refractivity contribution in [2.45, 2.75) is 6.04 Å². The average Bonchev–Trinajstić information content (AvgIpc) is 1.84. The predicted molar refractivity (Wildman–Crippen MR) is 38.9 cm³/mol. The molecule has 0 spiro atoms. The standard InChI is InChI=1S/C4H8INO2/c1-8-4(7)3(6)2-5/h3H,2,6H2,1H3. The van der Waals surface area contributed by atoms with Gasteiger partial charge in [-0.3, -0.25) is 4.79 Å². The summed E-state index contributed by atoms with van der Waals surface area (Å²) in [5.74, 6) is -0.348. The lowest BCUT2D eigenvalue weighted by Gasteiger charge is -2.02. The molecule has 2 N–H and O–H groups in total. The van der Waals surface area contributed by atoms with E-state index in [1.54, 1.807) is 0 Å². The van der Waals surface area contributed by atoms with Gasteiger partial charge in [-0.1, -0.05) is 22.6 Å². The first-order valence-electron chi connectivity index (χ1n) is 2.11. The van der Waals surface area contributed by atoms with Gasteiger partial charge in [0.2, 0.25) is 0 Å². The first-order valence-corrected chi connectivity index (χ1v) is 3.64. The average molecular weight is 229 g/mol. The number of esters is 1. The van der Waals surface area contributed by atoms with E-state index in [-0.39, 0.29) is 5.97 Å². The number of nitrogens with two attached hydrogens (primary N) is 1. The summed E-state index contributed by atoms with van der Waals surface area (Å²) in [7, 11) is 1.33. The fraction of sp³-hybridized carbons (Fsp3) is 0.750. The van der Waals surface area contributed by atoms with E-state index < -0.39 is 6.04 Å². The summed E-state index contributed by atoms with van der Waals surface area (Å²) < 4.78 is 4.94. The van der Waals surface area contributed by atoms with Crippen molar-refractivity contribution in [2.24, 2.45) is 5.73 Å². The lowest BCUT2D eigenvalue weighted by Crippen LogP contribution is -2.32. The Hall–Kier alpha value is 0.160. The molecule has 4 heteroatoms. The highest BCUT2D eigenvalue weighted by Crippen LogP contribution is 1.88. The van der Waals surface area contributed by atoms with Gasteiger partial charge < -0.3 is 10.5 Å². The number of alkyl halides is 1. The Balaban J connectivity index is 3.46. The quantitative estimate of drug-likeness (QED) is 0.409. The third-order valence-corrected chi connectivity index (χ3v) is 1.62. The number of carbonyl (C=O) groups excluding carboxylic acids is 1. The Morgan fingerprint density at radius 1 is 2.00 bits per heavy atom. The van der Waals surface area contributed by atoms with Crippen LogP contribution in [0.1, 0.15) is 0 Å². The Morgan fingerprint density at radius 3 is 2.62 bits per heavy atom. The number of halogens is 1. The highest BCUT2D eigenvalue weighted by atomic mass is 127. The van der Waals surface area contributed by atoms with E-state index >= 15 is 0 Å². The van der Waals surface area contributed by atoms with Crippen molar-refractivity contribution in [1.82, 2.24) is 0 Å². The molecule has 0 heterocycles. The van der Waals surface area contributed by atoms with Crippen molar-refractivity contribution < 1.29 is 9.53 Å². The predicted octanol–water partition coefficient (Wildman–Crippen LogP) is -0.0783. The van der Waals surface area contributed by atoms with Gasteiger partial charge in [0, 0.05) is 4.43 Å². The maximum atomic E-state index is 10.4. The largest absolute Gasteiger partial charge is 0.468 e. The van der Waals surface area contributed by atoms with Crippen LogP contribution in [-0.4, -0.2) is 23.5 Å². The Kier molecular flexibility index (Phi) is 4.16. The molecule has 0 aromatic rings. The zero-order chi connectivity index (χ0) is 6.57. The summed E-state index contributed by atoms with van der Waals surface area (Å²) in [6, 6.07) is -0.458. The van der Waals surface area contributed by atoms with Gasteiger partial charge in [0.15, 0.2) is 0 Å². The third-order valence-electron chi connectivity index (χ3n) is 0.670. The molecule has 0 amide bonds. The van der Waals surface area contributed by atoms with Crippen molar-refractivity contribution in [3.8, 4) is 0 Å². The van der Waals surface area contributed by atoms with Crippen LogP contribution in [0.3, 0.4) is 0 Å². The Labute approximate surface area is 61.7 Å². The summed E-state index contributed by atoms with van der Waals surface area (Å²) in [5.41, 5.74) is 5.24. The Bertz CT molecular complexity index is 86.1. The highest BCUT2D eigenvalue weighted by Gasteiger charge is 2.09. The van der Waals surface area contributed by atoms with Gasteiger partial charge >= 0.3 is 5.97 Å². The summed E-state index contributed by atoms with van der Waals surface area (Å²) >= 11 is 2.03. The summed E-state index contributed by atoms with van der Waals surface area (Å²) in [4.78, 5) is 10.4. The second-order valence-corrected chi connectivity index (χ2v) is 2.16. The molecule has 1 atom stereocenters. The van der Waals surface area contributed by atoms with E-state index in [0.717, 1.165) is 0 Å². The number of rotatable bonds is 2. The molecule has 3 nitrogen and oxygen atoms in total. The van der Waals surface area contributed by atoms with Gasteiger partial charge in [0.25, 0.3) is 0 Å². The van der Waals surface area contributed by atoms with E-state index in [9.17, 15) is 4.79 Å². The lowest BCUT2D eigenvalue weighted by atomic mass is 10.4. The van der Waals surface area contributed by atoms with Crippen LogP contribution in [0.4, 0.5) is 0 Å². The molecule has 0 aromatic heterocycles. The smallest absolute Gasteiger partial charge is 0.323 e. The molecule has 0 aliphatic carbocycles. The molecule has 0 radical (unpaired) electrons. The SMILES string of the molecule is COC(=O)C(N)CI. The molecule has 0 saturated heterocycles. The minimum Gasteiger partial charge on any atom is -0.468 e. The molecule has 48 valence electrons. The number of hydrogen-bond donors (Lipinski definition) is 1. The molecule has 8 heavy (non-hydrogen) atoms. The van der Waals surface area contributed by atoms with E-state index in [1.165, 1.54) is 7.11 Å². The molecule has 0 aliphatic heterocycles. The zero-order valence-corrected chi connectivity index (χ0v) is 6.71. The van der Waals surface area contributed by atoms with Crippen LogP contribution >= 0.6 is 22.6 Å². The summed E-state index contributed by atoms with van der Waals surface area (Å²) in [5, 5.41) is 0. The fourth-order valence-electron chi connectivity index (χ4n) is 0.214. The maximum Gasteiger partial charge on any atom is 0.323 e. The highest BCUT2D eigenvalue weighted by molar-refractivity contribution is 14.1. The maximum absolute atomic E-state index is 10.4. The summed E-state index contributed by atoms with van der Waals surface area (Å²) in [6.07, 6.45) is 0. The molecular weight excluding hydrogens is 221 g/mol. The third kappa shape index (κ3) is 2.46. The molecule has 1 unspecified atom stereocenters. The normalized spacial score (nSPS) is 12.9. The molecule has 0 saturated carbocycles. The topological polar surface area (TPSA) is 52.3 Å². The van der Waals surface area contributed by atoms with Crippen molar-refractivity contribution in [1.29, 1.82) is 0 Å². The fourth-order valence-corrected chi connectivity index (χ4v) is 0.574. The van der Waals surface area contributed by atoms with Crippen LogP contribution in [0.5, 0.6) is 0 Å². The molecule has 0 aromatic carbocycles. The van der Waals surface area contributed by atoms with E-state index in [4.69, 9.17) is 5.73 Å². The minimum atomic E-state index is -0.458. The molecule has 0 bridgehead atoms. The van der Waals surface area contributed by atoms with Gasteiger partial charge in [-0.25, -0.2) is 0 Å². The molecule has 0 aliphatic rings. The van der Waals surface area contributed by atoms with Crippen molar-refractivity contribution in [3.63, 3.8) is 0 Å². The number of carbonyl (C=O) groups is 1. The number of hydrogen-bond acceptors (Lipinski definition) is 3. The van der Waals surface area contributed by atoms with Gasteiger partial charge in [0.1, 0.15) is 6.04 Å².